The van der Waals surface area contributed by atoms with E-state index in [1.165, 1.54) is 6.07 Å². The van der Waals surface area contributed by atoms with Crippen LogP contribution in [0, 0.1) is 5.82 Å². The Morgan fingerprint density at radius 2 is 2.05 bits per heavy atom. The summed E-state index contributed by atoms with van der Waals surface area (Å²) in [5.74, 6) is 0.632. The minimum Gasteiger partial charge on any atom is -0.489 e. The normalized spacial score (nSPS) is 11.9. The summed E-state index contributed by atoms with van der Waals surface area (Å²) in [6.07, 6.45) is 1.72. The van der Waals surface area contributed by atoms with Gasteiger partial charge >= 0.3 is 0 Å². The third-order valence-electron chi connectivity index (χ3n) is 3.28. The van der Waals surface area contributed by atoms with Crippen LogP contribution in [0.25, 0.3) is 0 Å². The van der Waals surface area contributed by atoms with Crippen molar-refractivity contribution in [3.8, 4) is 5.75 Å². The van der Waals surface area contributed by atoms with Crippen molar-refractivity contribution in [1.29, 1.82) is 0 Å². The summed E-state index contributed by atoms with van der Waals surface area (Å²) < 4.78 is 18.9. The van der Waals surface area contributed by atoms with Crippen LogP contribution in [0.5, 0.6) is 5.75 Å². The quantitative estimate of drug-likeness (QED) is 0.768. The lowest BCUT2D eigenvalue weighted by Gasteiger charge is -2.16. The minimum atomic E-state index is -0.212. The molecule has 0 saturated heterocycles. The molecule has 1 atom stereocenters. The maximum Gasteiger partial charge on any atom is 0.124 e. The summed E-state index contributed by atoms with van der Waals surface area (Å²) >= 11 is 0. The zero-order valence-corrected chi connectivity index (χ0v) is 12.2. The molecular weight excluding hydrogens is 265 g/mol. The molecule has 1 N–H and O–H groups in total. The van der Waals surface area contributed by atoms with Gasteiger partial charge in [-0.1, -0.05) is 43.0 Å². The number of benzene rings is 2. The van der Waals surface area contributed by atoms with Gasteiger partial charge in [-0.05, 0) is 30.7 Å². The first-order valence-electron chi connectivity index (χ1n) is 7.01. The third kappa shape index (κ3) is 4.43. The zero-order valence-electron chi connectivity index (χ0n) is 12.2. The van der Waals surface area contributed by atoms with Gasteiger partial charge < -0.3 is 10.1 Å². The second-order valence-electron chi connectivity index (χ2n) is 4.86. The van der Waals surface area contributed by atoms with Gasteiger partial charge in [-0.15, -0.1) is 0 Å². The van der Waals surface area contributed by atoms with Crippen LogP contribution in [0.2, 0.25) is 0 Å². The van der Waals surface area contributed by atoms with Crippen molar-refractivity contribution in [3.63, 3.8) is 0 Å². The first kappa shape index (κ1) is 15.3. The van der Waals surface area contributed by atoms with E-state index in [4.69, 9.17) is 4.74 Å². The molecule has 0 aromatic heterocycles. The van der Waals surface area contributed by atoms with Crippen molar-refractivity contribution in [3.05, 3.63) is 78.1 Å². The largest absolute Gasteiger partial charge is 0.489 e. The summed E-state index contributed by atoms with van der Waals surface area (Å²) in [5.41, 5.74) is 2.00. The van der Waals surface area contributed by atoms with Gasteiger partial charge in [0.1, 0.15) is 18.2 Å². The number of hydrogen-bond donors (Lipinski definition) is 1. The van der Waals surface area contributed by atoms with Gasteiger partial charge in [-0.25, -0.2) is 4.39 Å². The Kier molecular flexibility index (Phi) is 5.52. The van der Waals surface area contributed by atoms with Crippen LogP contribution < -0.4 is 10.1 Å². The molecule has 0 heterocycles. The predicted molar refractivity (Wildman–Crippen MR) is 83.8 cm³/mol. The molecule has 21 heavy (non-hydrogen) atoms. The van der Waals surface area contributed by atoms with Crippen molar-refractivity contribution in [2.24, 2.45) is 0 Å². The van der Waals surface area contributed by atoms with Gasteiger partial charge in [0.2, 0.25) is 0 Å². The lowest BCUT2D eigenvalue weighted by molar-refractivity contribution is 0.357. The van der Waals surface area contributed by atoms with E-state index in [2.05, 4.69) is 11.9 Å². The Labute approximate surface area is 125 Å². The molecule has 2 aromatic carbocycles. The number of halogens is 1. The fraction of sp³-hybridized carbons (Fsp3) is 0.222. The molecule has 3 heteroatoms. The average Bonchev–Trinajstić information content (AvgIpc) is 2.51. The SMILES string of the molecule is C=CCOc1ccccc1CN[C@H](C)c1cccc(F)c1. The highest BCUT2D eigenvalue weighted by molar-refractivity contribution is 5.33. The Morgan fingerprint density at radius 3 is 2.81 bits per heavy atom. The smallest absolute Gasteiger partial charge is 0.124 e. The Hall–Kier alpha value is -2.13. The lowest BCUT2D eigenvalue weighted by Crippen LogP contribution is -2.18. The number of para-hydroxylation sites is 1. The molecule has 2 nitrogen and oxygen atoms in total. The Balaban J connectivity index is 2.01. The van der Waals surface area contributed by atoms with Crippen molar-refractivity contribution >= 4 is 0 Å². The van der Waals surface area contributed by atoms with Crippen LogP contribution in [-0.4, -0.2) is 6.61 Å². The van der Waals surface area contributed by atoms with Crippen LogP contribution in [0.3, 0.4) is 0 Å². The molecule has 0 amide bonds. The van der Waals surface area contributed by atoms with Gasteiger partial charge in [-0.3, -0.25) is 0 Å². The molecule has 0 saturated carbocycles. The highest BCUT2D eigenvalue weighted by atomic mass is 19.1. The molecule has 0 fully saturated rings. The zero-order chi connectivity index (χ0) is 15.1. The summed E-state index contributed by atoms with van der Waals surface area (Å²) in [7, 11) is 0. The predicted octanol–water partition coefficient (Wildman–Crippen LogP) is 4.24. The highest BCUT2D eigenvalue weighted by Gasteiger charge is 2.08. The van der Waals surface area contributed by atoms with Gasteiger partial charge in [0.05, 0.1) is 0 Å². The first-order valence-corrected chi connectivity index (χ1v) is 7.01. The van der Waals surface area contributed by atoms with Gasteiger partial charge in [0.25, 0.3) is 0 Å². The molecule has 0 unspecified atom stereocenters. The van der Waals surface area contributed by atoms with Crippen LogP contribution in [0.4, 0.5) is 4.39 Å². The number of rotatable bonds is 7. The molecule has 2 rings (SSSR count). The molecule has 0 spiro atoms. The fourth-order valence-corrected chi connectivity index (χ4v) is 2.10. The van der Waals surface area contributed by atoms with Crippen LogP contribution in [-0.2, 0) is 6.54 Å². The van der Waals surface area contributed by atoms with E-state index < -0.39 is 0 Å². The van der Waals surface area contributed by atoms with Gasteiger partial charge in [0.15, 0.2) is 0 Å². The fourth-order valence-electron chi connectivity index (χ4n) is 2.10. The second-order valence-corrected chi connectivity index (χ2v) is 4.86. The van der Waals surface area contributed by atoms with E-state index in [1.54, 1.807) is 18.2 Å². The van der Waals surface area contributed by atoms with Gasteiger partial charge in [0, 0.05) is 18.2 Å². The lowest BCUT2D eigenvalue weighted by atomic mass is 10.1. The summed E-state index contributed by atoms with van der Waals surface area (Å²) in [5, 5.41) is 3.39. The summed E-state index contributed by atoms with van der Waals surface area (Å²) in [6, 6.07) is 14.6. The average molecular weight is 285 g/mol. The number of ether oxygens (including phenoxy) is 1. The summed E-state index contributed by atoms with van der Waals surface area (Å²) in [6.45, 7) is 6.81. The second kappa shape index (κ2) is 7.60. The topological polar surface area (TPSA) is 21.3 Å². The molecule has 0 bridgehead atoms. The molecule has 0 radical (unpaired) electrons. The van der Waals surface area contributed by atoms with E-state index in [0.29, 0.717) is 13.2 Å². The van der Waals surface area contributed by atoms with E-state index in [9.17, 15) is 4.39 Å². The minimum absolute atomic E-state index is 0.0631. The number of hydrogen-bond acceptors (Lipinski definition) is 2. The van der Waals surface area contributed by atoms with Gasteiger partial charge in [-0.2, -0.15) is 0 Å². The Morgan fingerprint density at radius 1 is 1.24 bits per heavy atom. The van der Waals surface area contributed by atoms with Crippen molar-refractivity contribution in [1.82, 2.24) is 5.32 Å². The standard InChI is InChI=1S/C18H20FNO/c1-3-11-21-18-10-5-4-7-16(18)13-20-14(2)15-8-6-9-17(19)12-15/h3-10,12,14,20H,1,11,13H2,2H3/t14-/m1/s1. The molecular formula is C18H20FNO. The first-order chi connectivity index (χ1) is 10.2. The van der Waals surface area contributed by atoms with Crippen molar-refractivity contribution in [2.75, 3.05) is 6.61 Å². The molecule has 0 aliphatic carbocycles. The molecule has 0 aliphatic heterocycles. The van der Waals surface area contributed by atoms with Crippen LogP contribution in [0.1, 0.15) is 24.1 Å². The highest BCUT2D eigenvalue weighted by Crippen LogP contribution is 2.20. The molecule has 2 aromatic rings. The van der Waals surface area contributed by atoms with Crippen LogP contribution >= 0.6 is 0 Å². The third-order valence-corrected chi connectivity index (χ3v) is 3.28. The van der Waals surface area contributed by atoms with E-state index in [-0.39, 0.29) is 11.9 Å². The van der Waals surface area contributed by atoms with E-state index in [1.807, 2.05) is 37.3 Å². The van der Waals surface area contributed by atoms with Crippen molar-refractivity contribution in [2.45, 2.75) is 19.5 Å². The molecule has 110 valence electrons. The van der Waals surface area contributed by atoms with E-state index >= 15 is 0 Å². The van der Waals surface area contributed by atoms with Crippen molar-refractivity contribution < 1.29 is 9.13 Å². The van der Waals surface area contributed by atoms with E-state index in [0.717, 1.165) is 16.9 Å². The maximum atomic E-state index is 13.2. The Bertz CT molecular complexity index is 597. The molecule has 0 aliphatic rings. The summed E-state index contributed by atoms with van der Waals surface area (Å²) in [4.78, 5) is 0. The monoisotopic (exact) mass is 285 g/mol. The number of nitrogens with one attached hydrogen (secondary N) is 1. The maximum absolute atomic E-state index is 13.2. The van der Waals surface area contributed by atoms with Crippen LogP contribution in [0.15, 0.2) is 61.2 Å².